The summed E-state index contributed by atoms with van der Waals surface area (Å²) in [5.41, 5.74) is 2.15. The molecule has 0 aliphatic carbocycles. The summed E-state index contributed by atoms with van der Waals surface area (Å²) in [6.45, 7) is 4.42. The summed E-state index contributed by atoms with van der Waals surface area (Å²) in [5.74, 6) is 3.23. The second-order valence-electron chi connectivity index (χ2n) is 12.4. The lowest BCUT2D eigenvalue weighted by Gasteiger charge is -2.04. The maximum absolute atomic E-state index is 14.4. The molecule has 284 valence electrons. The molecule has 6 rings (SSSR count). The van der Waals surface area contributed by atoms with Gasteiger partial charge in [-0.2, -0.15) is 0 Å². The maximum atomic E-state index is 14.4. The van der Waals surface area contributed by atoms with Crippen LogP contribution >= 0.6 is 38.6 Å². The minimum absolute atomic E-state index is 0.135. The van der Waals surface area contributed by atoms with Gasteiger partial charge < -0.3 is 0 Å². The monoisotopic (exact) mass is 848 g/mol. The minimum atomic E-state index is -0.969. The Balaban J connectivity index is 0.000000204. The van der Waals surface area contributed by atoms with E-state index in [4.69, 9.17) is 6.42 Å². The Morgan fingerprint density at radius 1 is 0.491 bits per heavy atom. The molecule has 0 unspecified atom stereocenters. The van der Waals surface area contributed by atoms with Gasteiger partial charge in [-0.1, -0.05) is 81.6 Å². The van der Waals surface area contributed by atoms with Crippen molar-refractivity contribution >= 4 is 38.6 Å². The second-order valence-corrected chi connectivity index (χ2v) is 16.1. The molecule has 2 heterocycles. The average Bonchev–Trinajstić information content (AvgIpc) is 3.82. The molecule has 0 nitrogen and oxygen atoms in total. The van der Waals surface area contributed by atoms with E-state index >= 15 is 0 Å². The van der Waals surface area contributed by atoms with E-state index in [9.17, 15) is 26.3 Å². The van der Waals surface area contributed by atoms with Crippen LogP contribution in [-0.2, 0) is 12.8 Å². The van der Waals surface area contributed by atoms with Gasteiger partial charge in [0.2, 0.25) is 0 Å². The molecule has 0 aliphatic rings. The SMILES string of the molecule is C#Cc1ccc(-c2ccc(F)c(F)c2)cc1F.CCCCCc1ccc(Br)s1.CCCCCc1ccc(C#Cc2ccc(-c3ccc(F)c(F)c3)cc2F)s1. The van der Waals surface area contributed by atoms with Crippen molar-refractivity contribution in [3.8, 4) is 46.4 Å². The van der Waals surface area contributed by atoms with Crippen LogP contribution in [0.1, 0.15) is 78.1 Å². The fraction of sp³-hybridized carbons (Fsp3) is 0.217. The molecule has 2 aromatic heterocycles. The molecular formula is C46H39BrF6S2. The number of hydrogen-bond donors (Lipinski definition) is 0. The highest BCUT2D eigenvalue weighted by Crippen LogP contribution is 2.26. The molecule has 4 aromatic carbocycles. The average molecular weight is 850 g/mol. The van der Waals surface area contributed by atoms with Gasteiger partial charge in [0.25, 0.3) is 0 Å². The van der Waals surface area contributed by atoms with E-state index in [0.29, 0.717) is 22.3 Å². The minimum Gasteiger partial charge on any atom is -0.206 e. The molecule has 55 heavy (non-hydrogen) atoms. The van der Waals surface area contributed by atoms with Crippen molar-refractivity contribution < 1.29 is 26.3 Å². The summed E-state index contributed by atoms with van der Waals surface area (Å²) in [6.07, 6.45) is 15.0. The molecule has 0 fully saturated rings. The van der Waals surface area contributed by atoms with E-state index in [1.807, 2.05) is 17.4 Å². The number of hydrogen-bond acceptors (Lipinski definition) is 2. The second kappa shape index (κ2) is 22.1. The van der Waals surface area contributed by atoms with Gasteiger partial charge in [-0.25, -0.2) is 26.3 Å². The van der Waals surface area contributed by atoms with Crippen LogP contribution in [0.2, 0.25) is 0 Å². The zero-order chi connectivity index (χ0) is 39.7. The molecule has 6 aromatic rings. The molecule has 0 atom stereocenters. The Kier molecular flexibility index (Phi) is 17.4. The third-order valence-electron chi connectivity index (χ3n) is 8.26. The van der Waals surface area contributed by atoms with Crippen molar-refractivity contribution in [3.63, 3.8) is 0 Å². The molecule has 0 bridgehead atoms. The smallest absolute Gasteiger partial charge is 0.159 e. The summed E-state index contributed by atoms with van der Waals surface area (Å²) in [6, 6.07) is 24.0. The fourth-order valence-corrected chi connectivity index (χ4v) is 7.68. The van der Waals surface area contributed by atoms with Gasteiger partial charge in [0.15, 0.2) is 23.3 Å². The first-order valence-electron chi connectivity index (χ1n) is 17.8. The van der Waals surface area contributed by atoms with Gasteiger partial charge in [0, 0.05) is 9.75 Å². The Hall–Kier alpha value is -4.54. The Labute approximate surface area is 336 Å². The predicted octanol–water partition coefficient (Wildman–Crippen LogP) is 15.0. The van der Waals surface area contributed by atoms with Gasteiger partial charge in [-0.3, -0.25) is 0 Å². The van der Waals surface area contributed by atoms with Crippen LogP contribution < -0.4 is 0 Å². The first-order valence-corrected chi connectivity index (χ1v) is 20.2. The van der Waals surface area contributed by atoms with Gasteiger partial charge in [0.05, 0.1) is 19.8 Å². The quantitative estimate of drug-likeness (QED) is 0.0732. The first-order chi connectivity index (χ1) is 26.5. The number of unbranched alkanes of at least 4 members (excludes halogenated alkanes) is 4. The molecule has 9 heteroatoms. The normalized spacial score (nSPS) is 10.3. The molecule has 0 saturated carbocycles. The highest BCUT2D eigenvalue weighted by Gasteiger charge is 2.09. The van der Waals surface area contributed by atoms with E-state index < -0.39 is 34.9 Å². The Morgan fingerprint density at radius 3 is 1.38 bits per heavy atom. The van der Waals surface area contributed by atoms with Gasteiger partial charge in [-0.15, -0.1) is 29.1 Å². The summed E-state index contributed by atoms with van der Waals surface area (Å²) in [7, 11) is 0. The Bertz CT molecular complexity index is 2270. The number of aryl methyl sites for hydroxylation is 2. The number of benzene rings is 4. The van der Waals surface area contributed by atoms with Gasteiger partial charge in [-0.05, 0) is 137 Å². The van der Waals surface area contributed by atoms with Crippen LogP contribution in [0.4, 0.5) is 26.3 Å². The van der Waals surface area contributed by atoms with Crippen LogP contribution in [0, 0.1) is 59.1 Å². The van der Waals surface area contributed by atoms with E-state index in [2.05, 4.69) is 65.7 Å². The summed E-state index contributed by atoms with van der Waals surface area (Å²) in [4.78, 5) is 3.71. The standard InChI is InChI=1S/C23H19F3S.C14H7F3.C9H13BrS/c1-2-3-4-5-19-11-12-20(27-19)10-8-16-6-7-17(14-22(16)25)18-9-13-21(24)23(26)15-18;1-2-9-3-4-10(7-13(9)16)11-5-6-12(15)14(17)8-11;1-2-3-4-5-8-6-7-9(10)11-8/h6-7,9,11-15H,2-5H2,1H3;1,3-8H;6-7H,2-5H2,1H3. The van der Waals surface area contributed by atoms with E-state index in [-0.39, 0.29) is 11.1 Å². The van der Waals surface area contributed by atoms with Crippen molar-refractivity contribution in [2.24, 2.45) is 0 Å². The summed E-state index contributed by atoms with van der Waals surface area (Å²) < 4.78 is 81.2. The highest BCUT2D eigenvalue weighted by atomic mass is 79.9. The molecule has 0 radical (unpaired) electrons. The van der Waals surface area contributed by atoms with Crippen molar-refractivity contribution in [1.82, 2.24) is 0 Å². The summed E-state index contributed by atoms with van der Waals surface area (Å²) >= 11 is 6.95. The number of rotatable bonds is 10. The first kappa shape index (κ1) is 43.2. The topological polar surface area (TPSA) is 0 Å². The maximum Gasteiger partial charge on any atom is 0.159 e. The highest BCUT2D eigenvalue weighted by molar-refractivity contribution is 9.11. The number of terminal acetylenes is 1. The summed E-state index contributed by atoms with van der Waals surface area (Å²) in [5, 5.41) is 0. The zero-order valence-electron chi connectivity index (χ0n) is 30.4. The third-order valence-corrected chi connectivity index (χ3v) is 11.0. The Morgan fingerprint density at radius 2 is 0.945 bits per heavy atom. The van der Waals surface area contributed by atoms with Crippen molar-refractivity contribution in [2.75, 3.05) is 0 Å². The number of halogens is 7. The zero-order valence-corrected chi connectivity index (χ0v) is 33.7. The van der Waals surface area contributed by atoms with Crippen LogP contribution in [0.5, 0.6) is 0 Å². The van der Waals surface area contributed by atoms with E-state index in [1.54, 1.807) is 29.5 Å². The lowest BCUT2D eigenvalue weighted by molar-refractivity contribution is 0.509. The van der Waals surface area contributed by atoms with Crippen molar-refractivity contribution in [1.29, 1.82) is 0 Å². The predicted molar refractivity (Wildman–Crippen MR) is 220 cm³/mol. The largest absolute Gasteiger partial charge is 0.206 e. The van der Waals surface area contributed by atoms with Crippen LogP contribution in [0.3, 0.4) is 0 Å². The van der Waals surface area contributed by atoms with Crippen LogP contribution in [0.25, 0.3) is 22.3 Å². The van der Waals surface area contributed by atoms with Gasteiger partial charge in [0.1, 0.15) is 11.6 Å². The molecule has 0 spiro atoms. The third kappa shape index (κ3) is 13.6. The molecule has 0 amide bonds. The van der Waals surface area contributed by atoms with Crippen molar-refractivity contribution in [2.45, 2.75) is 65.2 Å². The number of thiophene rings is 2. The molecule has 0 saturated heterocycles. The molecule has 0 aliphatic heterocycles. The lowest BCUT2D eigenvalue weighted by Crippen LogP contribution is -1.88. The molecule has 0 N–H and O–H groups in total. The van der Waals surface area contributed by atoms with Gasteiger partial charge >= 0.3 is 0 Å². The fourth-order valence-electron chi connectivity index (χ4n) is 5.25. The van der Waals surface area contributed by atoms with Crippen LogP contribution in [-0.4, -0.2) is 0 Å². The van der Waals surface area contributed by atoms with Crippen LogP contribution in [0.15, 0.2) is 101 Å². The van der Waals surface area contributed by atoms with E-state index in [1.165, 1.54) is 88.8 Å². The van der Waals surface area contributed by atoms with E-state index in [0.717, 1.165) is 35.6 Å². The van der Waals surface area contributed by atoms with Crippen molar-refractivity contribution in [3.05, 3.63) is 162 Å². The lowest BCUT2D eigenvalue weighted by atomic mass is 10.0. The molecular weight excluding hydrogens is 811 g/mol.